The SMILES string of the molecule is COCc1ccccc1CNC(=O)C(C)C(C)C(=O)O. The van der Waals surface area contributed by atoms with Gasteiger partial charge in [-0.25, -0.2) is 0 Å². The fourth-order valence-corrected chi connectivity index (χ4v) is 1.81. The first-order chi connectivity index (χ1) is 9.47. The van der Waals surface area contributed by atoms with Gasteiger partial charge in [0.2, 0.25) is 5.91 Å². The Morgan fingerprint density at radius 3 is 2.35 bits per heavy atom. The Morgan fingerprint density at radius 2 is 1.80 bits per heavy atom. The Labute approximate surface area is 118 Å². The molecule has 0 spiro atoms. The van der Waals surface area contributed by atoms with E-state index in [9.17, 15) is 9.59 Å². The normalized spacial score (nSPS) is 13.6. The molecule has 110 valence electrons. The molecule has 1 aromatic carbocycles. The third-order valence-corrected chi connectivity index (χ3v) is 3.42. The van der Waals surface area contributed by atoms with Gasteiger partial charge in [0.1, 0.15) is 0 Å². The Kier molecular flexibility index (Phi) is 6.18. The number of amides is 1. The van der Waals surface area contributed by atoms with E-state index in [4.69, 9.17) is 9.84 Å². The van der Waals surface area contributed by atoms with Crippen molar-refractivity contribution in [1.29, 1.82) is 0 Å². The van der Waals surface area contributed by atoms with E-state index in [1.54, 1.807) is 14.0 Å². The first kappa shape index (κ1) is 16.2. The third-order valence-electron chi connectivity index (χ3n) is 3.42. The molecule has 0 aliphatic carbocycles. The van der Waals surface area contributed by atoms with Crippen LogP contribution in [0, 0.1) is 11.8 Å². The predicted molar refractivity (Wildman–Crippen MR) is 75.0 cm³/mol. The molecule has 0 bridgehead atoms. The van der Waals surface area contributed by atoms with Crippen LogP contribution in [0.1, 0.15) is 25.0 Å². The lowest BCUT2D eigenvalue weighted by molar-refractivity contribution is -0.146. The fraction of sp³-hybridized carbons (Fsp3) is 0.467. The van der Waals surface area contributed by atoms with Crippen LogP contribution in [0.5, 0.6) is 0 Å². The molecule has 0 heterocycles. The van der Waals surface area contributed by atoms with Crippen LogP contribution in [0.3, 0.4) is 0 Å². The monoisotopic (exact) mass is 279 g/mol. The zero-order chi connectivity index (χ0) is 15.1. The summed E-state index contributed by atoms with van der Waals surface area (Å²) in [5.74, 6) is -2.49. The van der Waals surface area contributed by atoms with Gasteiger partial charge >= 0.3 is 5.97 Å². The zero-order valence-electron chi connectivity index (χ0n) is 12.1. The molecular formula is C15H21NO4. The zero-order valence-corrected chi connectivity index (χ0v) is 12.1. The number of ether oxygens (including phenoxy) is 1. The molecular weight excluding hydrogens is 258 g/mol. The Balaban J connectivity index is 2.63. The van der Waals surface area contributed by atoms with Gasteiger partial charge in [-0.1, -0.05) is 38.1 Å². The van der Waals surface area contributed by atoms with E-state index in [1.807, 2.05) is 24.3 Å². The van der Waals surface area contributed by atoms with Crippen LogP contribution in [0.4, 0.5) is 0 Å². The molecule has 0 aliphatic rings. The Bertz CT molecular complexity index is 473. The fourth-order valence-electron chi connectivity index (χ4n) is 1.81. The summed E-state index contributed by atoms with van der Waals surface area (Å²) >= 11 is 0. The molecule has 0 fully saturated rings. The molecule has 5 heteroatoms. The van der Waals surface area contributed by atoms with E-state index >= 15 is 0 Å². The van der Waals surface area contributed by atoms with Crippen LogP contribution in [0.25, 0.3) is 0 Å². The van der Waals surface area contributed by atoms with Gasteiger partial charge in [0.05, 0.1) is 12.5 Å². The molecule has 5 nitrogen and oxygen atoms in total. The minimum atomic E-state index is -0.965. The summed E-state index contributed by atoms with van der Waals surface area (Å²) in [4.78, 5) is 22.8. The summed E-state index contributed by atoms with van der Waals surface area (Å²) < 4.78 is 5.10. The van der Waals surface area contributed by atoms with E-state index in [1.165, 1.54) is 6.92 Å². The van der Waals surface area contributed by atoms with Crippen molar-refractivity contribution < 1.29 is 19.4 Å². The highest BCUT2D eigenvalue weighted by Crippen LogP contribution is 2.13. The number of carboxylic acid groups (broad SMARTS) is 1. The second-order valence-corrected chi connectivity index (χ2v) is 4.84. The Morgan fingerprint density at radius 1 is 1.20 bits per heavy atom. The van der Waals surface area contributed by atoms with Crippen LogP contribution >= 0.6 is 0 Å². The first-order valence-electron chi connectivity index (χ1n) is 6.53. The molecule has 0 saturated carbocycles. The maximum absolute atomic E-state index is 11.9. The van der Waals surface area contributed by atoms with Gasteiger partial charge in [0.15, 0.2) is 0 Å². The highest BCUT2D eigenvalue weighted by molar-refractivity contribution is 5.84. The van der Waals surface area contributed by atoms with Crippen LogP contribution in [0.15, 0.2) is 24.3 Å². The van der Waals surface area contributed by atoms with Gasteiger partial charge in [0.25, 0.3) is 0 Å². The standard InChI is InChI=1S/C15H21NO4/c1-10(11(2)15(18)19)14(17)16-8-12-6-4-5-7-13(12)9-20-3/h4-7,10-11H,8-9H2,1-3H3,(H,16,17)(H,18,19). The van der Waals surface area contributed by atoms with Crippen LogP contribution in [-0.4, -0.2) is 24.1 Å². The molecule has 0 radical (unpaired) electrons. The number of benzene rings is 1. The summed E-state index contributed by atoms with van der Waals surface area (Å²) in [6.07, 6.45) is 0. The van der Waals surface area contributed by atoms with E-state index < -0.39 is 17.8 Å². The van der Waals surface area contributed by atoms with Gasteiger partial charge in [-0.3, -0.25) is 9.59 Å². The lowest BCUT2D eigenvalue weighted by Gasteiger charge is -2.16. The summed E-state index contributed by atoms with van der Waals surface area (Å²) in [7, 11) is 1.62. The summed E-state index contributed by atoms with van der Waals surface area (Å²) in [5, 5.41) is 11.7. The van der Waals surface area contributed by atoms with Crippen molar-refractivity contribution in [2.45, 2.75) is 27.0 Å². The third kappa shape index (κ3) is 4.35. The van der Waals surface area contributed by atoms with Crippen molar-refractivity contribution in [2.75, 3.05) is 7.11 Å². The van der Waals surface area contributed by atoms with Crippen molar-refractivity contribution in [1.82, 2.24) is 5.32 Å². The van der Waals surface area contributed by atoms with E-state index in [0.29, 0.717) is 13.2 Å². The number of carboxylic acids is 1. The van der Waals surface area contributed by atoms with Gasteiger partial charge < -0.3 is 15.2 Å². The van der Waals surface area contributed by atoms with Crippen LogP contribution < -0.4 is 5.32 Å². The topological polar surface area (TPSA) is 75.6 Å². The van der Waals surface area contributed by atoms with Gasteiger partial charge in [-0.2, -0.15) is 0 Å². The molecule has 1 rings (SSSR count). The average Bonchev–Trinajstić information content (AvgIpc) is 2.44. The first-order valence-corrected chi connectivity index (χ1v) is 6.53. The maximum atomic E-state index is 11.9. The quantitative estimate of drug-likeness (QED) is 0.798. The molecule has 1 aromatic rings. The molecule has 2 N–H and O–H groups in total. The number of carbonyl (C=O) groups excluding carboxylic acids is 1. The number of hydrogen-bond donors (Lipinski definition) is 2. The van der Waals surface area contributed by atoms with Crippen molar-refractivity contribution in [2.24, 2.45) is 11.8 Å². The van der Waals surface area contributed by atoms with E-state index in [2.05, 4.69) is 5.32 Å². The Hall–Kier alpha value is -1.88. The molecule has 20 heavy (non-hydrogen) atoms. The largest absolute Gasteiger partial charge is 0.481 e. The summed E-state index contributed by atoms with van der Waals surface area (Å²) in [5.41, 5.74) is 1.98. The number of rotatable bonds is 7. The molecule has 2 atom stereocenters. The number of aliphatic carboxylic acids is 1. The van der Waals surface area contributed by atoms with Crippen LogP contribution in [0.2, 0.25) is 0 Å². The summed E-state index contributed by atoms with van der Waals surface area (Å²) in [6, 6.07) is 7.66. The maximum Gasteiger partial charge on any atom is 0.307 e. The molecule has 0 saturated heterocycles. The van der Waals surface area contributed by atoms with Crippen molar-refractivity contribution in [3.63, 3.8) is 0 Å². The number of carbonyl (C=O) groups is 2. The second-order valence-electron chi connectivity index (χ2n) is 4.84. The lowest BCUT2D eigenvalue weighted by Crippen LogP contribution is -2.35. The lowest BCUT2D eigenvalue weighted by atomic mass is 9.95. The molecule has 0 aliphatic heterocycles. The van der Waals surface area contributed by atoms with Crippen LogP contribution in [-0.2, 0) is 27.5 Å². The number of nitrogens with one attached hydrogen (secondary N) is 1. The van der Waals surface area contributed by atoms with Crippen molar-refractivity contribution in [3.05, 3.63) is 35.4 Å². The average molecular weight is 279 g/mol. The molecule has 0 aromatic heterocycles. The van der Waals surface area contributed by atoms with Gasteiger partial charge in [-0.05, 0) is 11.1 Å². The predicted octanol–water partition coefficient (Wildman–Crippen LogP) is 1.81. The van der Waals surface area contributed by atoms with Crippen molar-refractivity contribution >= 4 is 11.9 Å². The van der Waals surface area contributed by atoms with E-state index in [-0.39, 0.29) is 5.91 Å². The number of methoxy groups -OCH3 is 1. The highest BCUT2D eigenvalue weighted by Gasteiger charge is 2.25. The smallest absolute Gasteiger partial charge is 0.307 e. The molecule has 2 unspecified atom stereocenters. The minimum absolute atomic E-state index is 0.257. The molecule has 1 amide bonds. The minimum Gasteiger partial charge on any atom is -0.481 e. The van der Waals surface area contributed by atoms with Crippen molar-refractivity contribution in [3.8, 4) is 0 Å². The summed E-state index contributed by atoms with van der Waals surface area (Å²) in [6.45, 7) is 4.00. The van der Waals surface area contributed by atoms with E-state index in [0.717, 1.165) is 11.1 Å². The highest BCUT2D eigenvalue weighted by atomic mass is 16.5. The number of hydrogen-bond acceptors (Lipinski definition) is 3. The second kappa shape index (κ2) is 7.65. The van der Waals surface area contributed by atoms with Gasteiger partial charge in [-0.15, -0.1) is 0 Å². The van der Waals surface area contributed by atoms with Gasteiger partial charge in [0, 0.05) is 19.6 Å².